The Bertz CT molecular complexity index is 1520. The Labute approximate surface area is 245 Å². The summed E-state index contributed by atoms with van der Waals surface area (Å²) >= 11 is 0. The first-order valence-corrected chi connectivity index (χ1v) is 15.0. The summed E-state index contributed by atoms with van der Waals surface area (Å²) in [6.07, 6.45) is 4.12. The van der Waals surface area contributed by atoms with Gasteiger partial charge in [-0.15, -0.1) is 0 Å². The monoisotopic (exact) mass is 554 g/mol. The van der Waals surface area contributed by atoms with E-state index in [2.05, 4.69) is 54.1 Å². The molecule has 5 rings (SSSR count). The highest BCUT2D eigenvalue weighted by Gasteiger charge is 2.24. The van der Waals surface area contributed by atoms with Crippen LogP contribution in [0.1, 0.15) is 74.6 Å². The highest BCUT2D eigenvalue weighted by molar-refractivity contribution is 5.92. The first kappa shape index (κ1) is 30.3. The van der Waals surface area contributed by atoms with Crippen LogP contribution in [0.4, 0.5) is 0 Å². The van der Waals surface area contributed by atoms with Crippen LogP contribution < -0.4 is 5.56 Å². The molecule has 1 aliphatic heterocycles. The van der Waals surface area contributed by atoms with Gasteiger partial charge in [0.05, 0.1) is 18.8 Å². The normalized spacial score (nSPS) is 14.2. The average molecular weight is 555 g/mol. The maximum Gasteiger partial charge on any atom is 0.253 e. The Balaban J connectivity index is 0.00000189. The molecule has 1 saturated heterocycles. The van der Waals surface area contributed by atoms with Crippen LogP contribution in [0.25, 0.3) is 22.2 Å². The molecule has 2 aromatic carbocycles. The number of fused-ring (bicyclic) bond motifs is 1. The Hall–Kier alpha value is -3.64. The number of benzene rings is 2. The number of amides is 1. The molecule has 1 aliphatic rings. The number of aromatic amines is 1. The second-order valence-corrected chi connectivity index (χ2v) is 11.5. The number of carbonyl (C=O) groups is 1. The van der Waals surface area contributed by atoms with Crippen molar-refractivity contribution in [2.45, 2.75) is 65.8 Å². The average Bonchev–Trinajstić information content (AvgIpc) is 3.36. The van der Waals surface area contributed by atoms with Crippen LogP contribution >= 0.6 is 0 Å². The molecule has 0 spiro atoms. The maximum atomic E-state index is 13.0. The zero-order chi connectivity index (χ0) is 29.7. The Morgan fingerprint density at radius 3 is 2.34 bits per heavy atom. The van der Waals surface area contributed by atoms with E-state index in [-0.39, 0.29) is 11.5 Å². The predicted molar refractivity (Wildman–Crippen MR) is 171 cm³/mol. The highest BCUT2D eigenvalue weighted by atomic mass is 16.2. The third kappa shape index (κ3) is 6.82. The van der Waals surface area contributed by atoms with Crippen molar-refractivity contribution in [3.63, 3.8) is 0 Å². The van der Waals surface area contributed by atoms with E-state index in [1.165, 1.54) is 16.5 Å². The zero-order valence-electron chi connectivity index (χ0n) is 25.8. The van der Waals surface area contributed by atoms with Gasteiger partial charge < -0.3 is 14.5 Å². The molecule has 0 bridgehead atoms. The molecule has 0 atom stereocenters. The summed E-state index contributed by atoms with van der Waals surface area (Å²) in [5, 5.41) is 1.26. The third-order valence-corrected chi connectivity index (χ3v) is 8.11. The number of hydrogen-bond donors (Lipinski definition) is 1. The summed E-state index contributed by atoms with van der Waals surface area (Å²) in [5.41, 5.74) is 7.85. The fourth-order valence-corrected chi connectivity index (χ4v) is 5.89. The van der Waals surface area contributed by atoms with Gasteiger partial charge in [0.25, 0.3) is 5.56 Å². The smallest absolute Gasteiger partial charge is 0.253 e. The van der Waals surface area contributed by atoms with Crippen LogP contribution in [0.15, 0.2) is 65.6 Å². The molecule has 218 valence electrons. The number of carbonyl (C=O) groups excluding carboxylic acids is 1. The van der Waals surface area contributed by atoms with Crippen LogP contribution in [0, 0.1) is 6.92 Å². The summed E-state index contributed by atoms with van der Waals surface area (Å²) in [6.45, 7) is 13.3. The summed E-state index contributed by atoms with van der Waals surface area (Å²) in [7, 11) is 3.64. The Kier molecular flexibility index (Phi) is 9.87. The molecule has 41 heavy (non-hydrogen) atoms. The van der Waals surface area contributed by atoms with Gasteiger partial charge in [-0.25, -0.2) is 0 Å². The molecule has 0 saturated carbocycles. The van der Waals surface area contributed by atoms with E-state index in [0.717, 1.165) is 53.8 Å². The van der Waals surface area contributed by atoms with Crippen LogP contribution in [0.2, 0.25) is 0 Å². The predicted octanol–water partition coefficient (Wildman–Crippen LogP) is 6.77. The van der Waals surface area contributed by atoms with Crippen molar-refractivity contribution < 1.29 is 4.79 Å². The lowest BCUT2D eigenvalue weighted by molar-refractivity contribution is -0.130. The number of nitrogens with one attached hydrogen (secondary N) is 1. The number of hydrogen-bond acceptors (Lipinski definition) is 3. The van der Waals surface area contributed by atoms with Gasteiger partial charge in [-0.1, -0.05) is 64.1 Å². The van der Waals surface area contributed by atoms with Crippen molar-refractivity contribution in [1.82, 2.24) is 19.4 Å². The Morgan fingerprint density at radius 1 is 1.02 bits per heavy atom. The quantitative estimate of drug-likeness (QED) is 0.274. The number of rotatable bonds is 7. The zero-order valence-corrected chi connectivity index (χ0v) is 25.8. The van der Waals surface area contributed by atoms with Gasteiger partial charge in [0, 0.05) is 42.3 Å². The van der Waals surface area contributed by atoms with Crippen molar-refractivity contribution in [2.24, 2.45) is 0 Å². The number of piperidine rings is 1. The molecule has 2 aromatic heterocycles. The fraction of sp³-hybridized carbons (Fsp3) is 0.429. The lowest BCUT2D eigenvalue weighted by Crippen LogP contribution is -2.40. The van der Waals surface area contributed by atoms with Gasteiger partial charge in [0.15, 0.2) is 0 Å². The number of H-pyrrole nitrogens is 1. The van der Waals surface area contributed by atoms with Crippen LogP contribution in [-0.2, 0) is 11.3 Å². The number of likely N-dealkylation sites (tertiary alicyclic amines) is 1. The van der Waals surface area contributed by atoms with Crippen molar-refractivity contribution >= 4 is 16.8 Å². The van der Waals surface area contributed by atoms with E-state index in [1.54, 1.807) is 4.90 Å². The van der Waals surface area contributed by atoms with Crippen molar-refractivity contribution in [2.75, 3.05) is 33.7 Å². The van der Waals surface area contributed by atoms with Crippen LogP contribution in [0.3, 0.4) is 0 Å². The molecule has 4 aromatic rings. The summed E-state index contributed by atoms with van der Waals surface area (Å²) in [5.74, 6) is 0.979. The van der Waals surface area contributed by atoms with Crippen molar-refractivity contribution in [3.05, 3.63) is 93.4 Å². The highest BCUT2D eigenvalue weighted by Crippen LogP contribution is 2.38. The van der Waals surface area contributed by atoms with E-state index in [4.69, 9.17) is 0 Å². The summed E-state index contributed by atoms with van der Waals surface area (Å²) in [4.78, 5) is 32.8. The Morgan fingerprint density at radius 2 is 1.71 bits per heavy atom. The molecule has 1 fully saturated rings. The minimum Gasteiger partial charge on any atom is -0.354 e. The van der Waals surface area contributed by atoms with Crippen LogP contribution in [-0.4, -0.2) is 59.0 Å². The van der Waals surface area contributed by atoms with Gasteiger partial charge >= 0.3 is 0 Å². The van der Waals surface area contributed by atoms with E-state index in [0.29, 0.717) is 24.9 Å². The minimum absolute atomic E-state index is 0.0470. The summed E-state index contributed by atoms with van der Waals surface area (Å²) < 4.78 is 1.83. The second kappa shape index (κ2) is 13.3. The third-order valence-electron chi connectivity index (χ3n) is 8.11. The number of pyridine rings is 1. The van der Waals surface area contributed by atoms with Crippen molar-refractivity contribution in [1.29, 1.82) is 0 Å². The molecule has 1 N–H and O–H groups in total. The van der Waals surface area contributed by atoms with Gasteiger partial charge in [0.2, 0.25) is 5.91 Å². The molecule has 0 unspecified atom stereocenters. The first-order chi connectivity index (χ1) is 19.7. The fourth-order valence-electron chi connectivity index (χ4n) is 5.89. The molecule has 6 nitrogen and oxygen atoms in total. The molecule has 0 radical (unpaired) electrons. The number of aryl methyl sites for hydroxylation is 1. The van der Waals surface area contributed by atoms with E-state index < -0.39 is 0 Å². The molecular weight excluding hydrogens is 508 g/mol. The SMILES string of the molecule is CC.Cc1cc(-c2[nH]c3ccc(C4CCN(CC(=O)N(C)C)CC4)cc3c2C(C)C)cn(Cc2ccccc2)c1=O. The molecule has 3 heterocycles. The second-order valence-electron chi connectivity index (χ2n) is 11.5. The van der Waals surface area contributed by atoms with Gasteiger partial charge in [-0.3, -0.25) is 14.5 Å². The standard InChI is InChI=1S/C33H40N4O2.C2H6/c1-22(2)31-28-18-26(25-13-15-36(16-14-25)21-30(38)35(4)5)11-12-29(28)34-32(31)27-17-23(3)33(39)37(20-27)19-24-9-7-6-8-10-24;1-2/h6-12,17-18,20,22,25,34H,13-16,19,21H2,1-5H3;1-2H3. The van der Waals surface area contributed by atoms with Gasteiger partial charge in [-0.2, -0.15) is 0 Å². The molecule has 0 aliphatic carbocycles. The summed E-state index contributed by atoms with van der Waals surface area (Å²) in [6, 6.07) is 19.0. The van der Waals surface area contributed by atoms with Gasteiger partial charge in [-0.05, 0) is 79.6 Å². The number of nitrogens with zero attached hydrogens (tertiary/aromatic N) is 3. The maximum absolute atomic E-state index is 13.0. The molecule has 6 heteroatoms. The lowest BCUT2D eigenvalue weighted by Gasteiger charge is -2.32. The van der Waals surface area contributed by atoms with Crippen LogP contribution in [0.5, 0.6) is 0 Å². The minimum atomic E-state index is 0.0470. The van der Waals surface area contributed by atoms with Crippen molar-refractivity contribution in [3.8, 4) is 11.3 Å². The first-order valence-electron chi connectivity index (χ1n) is 15.0. The largest absolute Gasteiger partial charge is 0.354 e. The van der Waals surface area contributed by atoms with E-state index >= 15 is 0 Å². The topological polar surface area (TPSA) is 61.3 Å². The van der Waals surface area contributed by atoms with E-state index in [1.807, 2.05) is 69.9 Å². The number of aromatic nitrogens is 2. The molecule has 1 amide bonds. The van der Waals surface area contributed by atoms with E-state index in [9.17, 15) is 9.59 Å². The lowest BCUT2D eigenvalue weighted by atomic mass is 9.87. The molecular formula is C35H46N4O2. The van der Waals surface area contributed by atoms with Gasteiger partial charge in [0.1, 0.15) is 0 Å². The number of likely N-dealkylation sites (N-methyl/N-ethyl adjacent to an activating group) is 1.